The van der Waals surface area contributed by atoms with Crippen molar-refractivity contribution in [2.75, 3.05) is 5.32 Å². The molecule has 0 radical (unpaired) electrons. The average Bonchev–Trinajstić information content (AvgIpc) is 3.28. The van der Waals surface area contributed by atoms with Crippen molar-refractivity contribution in [3.8, 4) is 10.6 Å². The third-order valence-electron chi connectivity index (χ3n) is 3.30. The molecule has 22 heavy (non-hydrogen) atoms. The largest absolute Gasteiger partial charge is 0.303 e. The van der Waals surface area contributed by atoms with Gasteiger partial charge in [0.1, 0.15) is 0 Å². The molecule has 4 rings (SSSR count). The Morgan fingerprint density at radius 3 is 2.86 bits per heavy atom. The van der Waals surface area contributed by atoms with Crippen LogP contribution in [0.4, 0.5) is 5.82 Å². The summed E-state index contributed by atoms with van der Waals surface area (Å²) in [6.07, 6.45) is 0. The summed E-state index contributed by atoms with van der Waals surface area (Å²) in [7, 11) is 0. The number of thiophene rings is 1. The van der Waals surface area contributed by atoms with Gasteiger partial charge in [0.15, 0.2) is 11.5 Å². The number of benzene rings is 1. The van der Waals surface area contributed by atoms with Crippen molar-refractivity contribution in [2.45, 2.75) is 0 Å². The summed E-state index contributed by atoms with van der Waals surface area (Å²) < 4.78 is 0. The van der Waals surface area contributed by atoms with Crippen LogP contribution in [-0.2, 0) is 0 Å². The summed E-state index contributed by atoms with van der Waals surface area (Å²) in [5, 5.41) is 19.6. The minimum Gasteiger partial charge on any atom is -0.303 e. The third-order valence-corrected chi connectivity index (χ3v) is 4.20. The van der Waals surface area contributed by atoms with E-state index in [0.29, 0.717) is 11.5 Å². The molecule has 7 heteroatoms. The first-order valence-electron chi connectivity index (χ1n) is 6.65. The first-order chi connectivity index (χ1) is 10.8. The zero-order chi connectivity index (χ0) is 14.9. The Hall–Kier alpha value is -2.93. The molecular formula is C15H11N5OS. The van der Waals surface area contributed by atoms with Crippen LogP contribution < -0.4 is 5.32 Å². The van der Waals surface area contributed by atoms with E-state index < -0.39 is 0 Å². The Bertz CT molecular complexity index is 938. The molecule has 3 N–H and O–H groups in total. The van der Waals surface area contributed by atoms with Crippen molar-refractivity contribution in [1.29, 1.82) is 0 Å². The molecule has 1 aromatic carbocycles. The van der Waals surface area contributed by atoms with Crippen LogP contribution in [0.2, 0.25) is 0 Å². The number of hydrogen-bond acceptors (Lipinski definition) is 4. The Morgan fingerprint density at radius 1 is 1.09 bits per heavy atom. The van der Waals surface area contributed by atoms with Gasteiger partial charge in [0, 0.05) is 5.39 Å². The molecule has 6 nitrogen and oxygen atoms in total. The monoisotopic (exact) mass is 309 g/mol. The van der Waals surface area contributed by atoms with Crippen molar-refractivity contribution in [2.24, 2.45) is 0 Å². The number of aromatic amines is 2. The van der Waals surface area contributed by atoms with Crippen molar-refractivity contribution in [1.82, 2.24) is 20.4 Å². The lowest BCUT2D eigenvalue weighted by Gasteiger charge is -1.98. The smallest absolute Gasteiger partial charge is 0.277 e. The minimum absolute atomic E-state index is 0.295. The molecule has 0 saturated heterocycles. The van der Waals surface area contributed by atoms with E-state index in [4.69, 9.17) is 0 Å². The first-order valence-corrected chi connectivity index (χ1v) is 7.53. The fraction of sp³-hybridized carbons (Fsp3) is 0. The number of carbonyl (C=O) groups excluding carboxylic acids is 1. The SMILES string of the molecule is O=C(Nc1n[nH]c2ccccc12)c1cc(-c2cccs2)[nH]n1. The predicted octanol–water partition coefficient (Wildman–Crippen LogP) is 3.27. The van der Waals surface area contributed by atoms with E-state index in [1.54, 1.807) is 17.4 Å². The number of para-hydroxylation sites is 1. The van der Waals surface area contributed by atoms with Crippen molar-refractivity contribution < 1.29 is 4.79 Å². The van der Waals surface area contributed by atoms with Gasteiger partial charge < -0.3 is 5.32 Å². The van der Waals surface area contributed by atoms with Crippen LogP contribution in [0.15, 0.2) is 47.8 Å². The van der Waals surface area contributed by atoms with Gasteiger partial charge in [0.2, 0.25) is 0 Å². The lowest BCUT2D eigenvalue weighted by Crippen LogP contribution is -2.12. The number of rotatable bonds is 3. The van der Waals surface area contributed by atoms with Gasteiger partial charge in [0.05, 0.1) is 16.1 Å². The average molecular weight is 309 g/mol. The summed E-state index contributed by atoms with van der Waals surface area (Å²) in [6, 6.07) is 13.3. The molecule has 0 aliphatic heterocycles. The molecule has 4 aromatic rings. The van der Waals surface area contributed by atoms with Gasteiger partial charge in [-0.1, -0.05) is 18.2 Å². The Kier molecular flexibility index (Phi) is 2.97. The second kappa shape index (κ2) is 5.12. The molecule has 0 fully saturated rings. The second-order valence-electron chi connectivity index (χ2n) is 4.72. The van der Waals surface area contributed by atoms with E-state index >= 15 is 0 Å². The van der Waals surface area contributed by atoms with E-state index in [1.165, 1.54) is 0 Å². The number of amides is 1. The number of fused-ring (bicyclic) bond motifs is 1. The normalized spacial score (nSPS) is 10.9. The fourth-order valence-corrected chi connectivity index (χ4v) is 2.92. The van der Waals surface area contributed by atoms with Crippen molar-refractivity contribution in [3.63, 3.8) is 0 Å². The number of carbonyl (C=O) groups is 1. The Balaban J connectivity index is 1.60. The maximum absolute atomic E-state index is 12.3. The van der Waals surface area contributed by atoms with Gasteiger partial charge in [0.25, 0.3) is 5.91 Å². The molecule has 3 heterocycles. The van der Waals surface area contributed by atoms with Crippen LogP contribution in [0, 0.1) is 0 Å². The number of hydrogen-bond donors (Lipinski definition) is 3. The topological polar surface area (TPSA) is 86.5 Å². The molecule has 1 amide bonds. The van der Waals surface area contributed by atoms with Gasteiger partial charge in [-0.3, -0.25) is 15.0 Å². The lowest BCUT2D eigenvalue weighted by molar-refractivity contribution is 0.102. The number of aromatic nitrogens is 4. The molecule has 0 bridgehead atoms. The molecule has 0 spiro atoms. The quantitative estimate of drug-likeness (QED) is 0.543. The van der Waals surface area contributed by atoms with E-state index in [9.17, 15) is 4.79 Å². The van der Waals surface area contributed by atoms with Gasteiger partial charge >= 0.3 is 0 Å². The highest BCUT2D eigenvalue weighted by atomic mass is 32.1. The van der Waals surface area contributed by atoms with Crippen molar-refractivity contribution >= 4 is 34.0 Å². The van der Waals surface area contributed by atoms with Crippen LogP contribution in [0.3, 0.4) is 0 Å². The highest BCUT2D eigenvalue weighted by molar-refractivity contribution is 7.13. The van der Waals surface area contributed by atoms with E-state index in [1.807, 2.05) is 41.8 Å². The maximum Gasteiger partial charge on any atom is 0.277 e. The first kappa shape index (κ1) is 12.8. The van der Waals surface area contributed by atoms with Gasteiger partial charge in [-0.15, -0.1) is 11.3 Å². The molecule has 0 unspecified atom stereocenters. The molecule has 0 aliphatic rings. The molecule has 0 aliphatic carbocycles. The Labute approximate surface area is 129 Å². The highest BCUT2D eigenvalue weighted by Gasteiger charge is 2.14. The van der Waals surface area contributed by atoms with Crippen LogP contribution >= 0.6 is 11.3 Å². The fourth-order valence-electron chi connectivity index (χ4n) is 2.23. The summed E-state index contributed by atoms with van der Waals surface area (Å²) in [5.41, 5.74) is 2.03. The van der Waals surface area contributed by atoms with E-state index in [-0.39, 0.29) is 5.91 Å². The molecule has 108 valence electrons. The maximum atomic E-state index is 12.3. The highest BCUT2D eigenvalue weighted by Crippen LogP contribution is 2.24. The van der Waals surface area contributed by atoms with Crippen molar-refractivity contribution in [3.05, 3.63) is 53.5 Å². The summed E-state index contributed by atoms with van der Waals surface area (Å²) >= 11 is 1.59. The number of anilines is 1. The van der Waals surface area contributed by atoms with E-state index in [2.05, 4.69) is 25.7 Å². The third kappa shape index (κ3) is 2.17. The minimum atomic E-state index is -0.295. The number of nitrogens with one attached hydrogen (secondary N) is 3. The van der Waals surface area contributed by atoms with Crippen LogP contribution in [0.25, 0.3) is 21.5 Å². The molecule has 0 saturated carbocycles. The van der Waals surface area contributed by atoms with Gasteiger partial charge in [-0.2, -0.15) is 10.2 Å². The van der Waals surface area contributed by atoms with E-state index in [0.717, 1.165) is 21.5 Å². The van der Waals surface area contributed by atoms with Crippen LogP contribution in [0.5, 0.6) is 0 Å². The van der Waals surface area contributed by atoms with Gasteiger partial charge in [-0.05, 0) is 29.6 Å². The predicted molar refractivity (Wildman–Crippen MR) is 85.9 cm³/mol. The summed E-state index contributed by atoms with van der Waals surface area (Å²) in [4.78, 5) is 13.3. The molecule has 3 aromatic heterocycles. The zero-order valence-corrected chi connectivity index (χ0v) is 12.1. The number of nitrogens with zero attached hydrogens (tertiary/aromatic N) is 2. The summed E-state index contributed by atoms with van der Waals surface area (Å²) in [5.74, 6) is 0.206. The lowest BCUT2D eigenvalue weighted by atomic mass is 10.2. The molecule has 0 atom stereocenters. The summed E-state index contributed by atoms with van der Waals surface area (Å²) in [6.45, 7) is 0. The second-order valence-corrected chi connectivity index (χ2v) is 5.66. The zero-order valence-electron chi connectivity index (χ0n) is 11.3. The standard InChI is InChI=1S/C15H11N5OS/c21-15(12-8-11(18-19-12)13-6-3-7-22-13)16-14-9-4-1-2-5-10(9)17-20-14/h1-8H,(H,18,19)(H2,16,17,20,21). The Morgan fingerprint density at radius 2 is 2.00 bits per heavy atom. The molecular weight excluding hydrogens is 298 g/mol. The number of H-pyrrole nitrogens is 2. The van der Waals surface area contributed by atoms with Crippen LogP contribution in [0.1, 0.15) is 10.5 Å². The van der Waals surface area contributed by atoms with Gasteiger partial charge in [-0.25, -0.2) is 0 Å². The van der Waals surface area contributed by atoms with Crippen LogP contribution in [-0.4, -0.2) is 26.3 Å².